The number of carbonyl (C=O) groups excluding carboxylic acids is 1. The second-order valence-electron chi connectivity index (χ2n) is 5.29. The largest absolute Gasteiger partial charge is 0.325 e. The Bertz CT molecular complexity index is 430. The Labute approximate surface area is 121 Å². The van der Waals surface area contributed by atoms with Crippen molar-refractivity contribution in [3.8, 4) is 0 Å². The molecule has 0 bridgehead atoms. The van der Waals surface area contributed by atoms with E-state index in [1.54, 1.807) is 0 Å². The molecule has 1 aliphatic heterocycles. The minimum atomic E-state index is 0. The Kier molecular flexibility index (Phi) is 5.83. The summed E-state index contributed by atoms with van der Waals surface area (Å²) in [6.07, 6.45) is 1.88. The van der Waals surface area contributed by atoms with E-state index in [0.29, 0.717) is 0 Å². The first-order valence-electron chi connectivity index (χ1n) is 6.67. The Morgan fingerprint density at radius 3 is 2.21 bits per heavy atom. The fraction of sp³-hybridized carbons (Fsp3) is 0.533. The monoisotopic (exact) mass is 282 g/mol. The van der Waals surface area contributed by atoms with E-state index in [9.17, 15) is 4.79 Å². The van der Waals surface area contributed by atoms with Gasteiger partial charge < -0.3 is 10.6 Å². The lowest BCUT2D eigenvalue weighted by Crippen LogP contribution is -2.34. The maximum Gasteiger partial charge on any atom is 0.227 e. The van der Waals surface area contributed by atoms with Crippen molar-refractivity contribution in [3.05, 3.63) is 28.8 Å². The number of piperidine rings is 1. The van der Waals surface area contributed by atoms with Crippen LogP contribution < -0.4 is 10.6 Å². The Morgan fingerprint density at radius 1 is 1.16 bits per heavy atom. The molecule has 19 heavy (non-hydrogen) atoms. The highest BCUT2D eigenvalue weighted by atomic mass is 35.5. The minimum Gasteiger partial charge on any atom is -0.325 e. The predicted molar refractivity (Wildman–Crippen MR) is 82.1 cm³/mol. The molecular weight excluding hydrogens is 260 g/mol. The number of nitrogens with one attached hydrogen (secondary N) is 2. The van der Waals surface area contributed by atoms with Crippen LogP contribution >= 0.6 is 12.4 Å². The molecule has 1 heterocycles. The van der Waals surface area contributed by atoms with Crippen molar-refractivity contribution in [2.24, 2.45) is 5.92 Å². The van der Waals surface area contributed by atoms with Gasteiger partial charge in [0.1, 0.15) is 0 Å². The normalized spacial score (nSPS) is 15.7. The van der Waals surface area contributed by atoms with E-state index in [-0.39, 0.29) is 24.2 Å². The molecule has 0 saturated carbocycles. The molecule has 0 aromatic heterocycles. The van der Waals surface area contributed by atoms with E-state index in [1.165, 1.54) is 5.56 Å². The lowest BCUT2D eigenvalue weighted by atomic mass is 9.96. The predicted octanol–water partition coefficient (Wildman–Crippen LogP) is 2.97. The first-order chi connectivity index (χ1) is 8.58. The average Bonchev–Trinajstić information content (AvgIpc) is 2.34. The summed E-state index contributed by atoms with van der Waals surface area (Å²) in [5.41, 5.74) is 4.53. The van der Waals surface area contributed by atoms with Crippen LogP contribution in [0.1, 0.15) is 29.5 Å². The van der Waals surface area contributed by atoms with E-state index >= 15 is 0 Å². The van der Waals surface area contributed by atoms with Crippen LogP contribution in [0, 0.1) is 26.7 Å². The lowest BCUT2D eigenvalue weighted by Gasteiger charge is -2.23. The number of aryl methyl sites for hydroxylation is 3. The van der Waals surface area contributed by atoms with Gasteiger partial charge in [-0.2, -0.15) is 0 Å². The third-order valence-electron chi connectivity index (χ3n) is 3.64. The summed E-state index contributed by atoms with van der Waals surface area (Å²) in [4.78, 5) is 12.2. The van der Waals surface area contributed by atoms with Gasteiger partial charge in [0, 0.05) is 11.6 Å². The highest BCUT2D eigenvalue weighted by molar-refractivity contribution is 5.94. The van der Waals surface area contributed by atoms with Gasteiger partial charge in [-0.15, -0.1) is 12.4 Å². The zero-order valence-corrected chi connectivity index (χ0v) is 12.7. The van der Waals surface area contributed by atoms with Crippen LogP contribution in [0.25, 0.3) is 0 Å². The smallest absolute Gasteiger partial charge is 0.227 e. The van der Waals surface area contributed by atoms with Gasteiger partial charge in [-0.3, -0.25) is 4.79 Å². The van der Waals surface area contributed by atoms with Gasteiger partial charge in [0.2, 0.25) is 5.91 Å². The number of anilines is 1. The lowest BCUT2D eigenvalue weighted by molar-refractivity contribution is -0.120. The Hall–Kier alpha value is -1.06. The molecule has 1 aliphatic rings. The minimum absolute atomic E-state index is 0. The van der Waals surface area contributed by atoms with Gasteiger partial charge in [-0.1, -0.05) is 17.7 Å². The van der Waals surface area contributed by atoms with Crippen LogP contribution in [-0.4, -0.2) is 19.0 Å². The quantitative estimate of drug-likeness (QED) is 0.876. The fourth-order valence-corrected chi connectivity index (χ4v) is 2.69. The standard InChI is InChI=1S/C15H22N2O.ClH/c1-10-8-11(2)14(12(3)9-10)17-15(18)13-4-6-16-7-5-13;/h8-9,13,16H,4-7H2,1-3H3,(H,17,18);1H. The maximum absolute atomic E-state index is 12.2. The molecule has 2 N–H and O–H groups in total. The first-order valence-corrected chi connectivity index (χ1v) is 6.67. The van der Waals surface area contributed by atoms with Gasteiger partial charge in [0.15, 0.2) is 0 Å². The van der Waals surface area contributed by atoms with Gasteiger partial charge in [-0.25, -0.2) is 0 Å². The summed E-state index contributed by atoms with van der Waals surface area (Å²) in [6, 6.07) is 4.23. The zero-order valence-electron chi connectivity index (χ0n) is 11.9. The van der Waals surface area contributed by atoms with Gasteiger partial charge in [-0.05, 0) is 57.8 Å². The van der Waals surface area contributed by atoms with Crippen molar-refractivity contribution in [3.63, 3.8) is 0 Å². The van der Waals surface area contributed by atoms with Crippen molar-refractivity contribution in [2.45, 2.75) is 33.6 Å². The summed E-state index contributed by atoms with van der Waals surface area (Å²) >= 11 is 0. The fourth-order valence-electron chi connectivity index (χ4n) is 2.69. The molecule has 0 spiro atoms. The van der Waals surface area contributed by atoms with Crippen molar-refractivity contribution < 1.29 is 4.79 Å². The van der Waals surface area contributed by atoms with E-state index < -0.39 is 0 Å². The SMILES string of the molecule is Cc1cc(C)c(NC(=O)C2CCNCC2)c(C)c1.Cl. The van der Waals surface area contributed by atoms with Crippen molar-refractivity contribution in [1.82, 2.24) is 5.32 Å². The summed E-state index contributed by atoms with van der Waals surface area (Å²) in [6.45, 7) is 8.09. The number of carbonyl (C=O) groups is 1. The van der Waals surface area contributed by atoms with Gasteiger partial charge >= 0.3 is 0 Å². The summed E-state index contributed by atoms with van der Waals surface area (Å²) in [7, 11) is 0. The second-order valence-corrected chi connectivity index (χ2v) is 5.29. The number of hydrogen-bond donors (Lipinski definition) is 2. The average molecular weight is 283 g/mol. The maximum atomic E-state index is 12.2. The highest BCUT2D eigenvalue weighted by Crippen LogP contribution is 2.23. The molecule has 0 radical (unpaired) electrons. The highest BCUT2D eigenvalue weighted by Gasteiger charge is 2.21. The Morgan fingerprint density at radius 2 is 1.68 bits per heavy atom. The molecule has 1 saturated heterocycles. The second kappa shape index (κ2) is 6.92. The molecule has 3 nitrogen and oxygen atoms in total. The number of rotatable bonds is 2. The molecule has 1 aromatic rings. The Balaban J connectivity index is 0.00000180. The molecule has 2 rings (SSSR count). The molecule has 0 unspecified atom stereocenters. The van der Waals surface area contributed by atoms with E-state index in [0.717, 1.165) is 42.7 Å². The molecule has 0 atom stereocenters. The molecule has 1 fully saturated rings. The summed E-state index contributed by atoms with van der Waals surface area (Å²) < 4.78 is 0. The molecule has 0 aliphatic carbocycles. The number of hydrogen-bond acceptors (Lipinski definition) is 2. The van der Waals surface area contributed by atoms with Gasteiger partial charge in [0.25, 0.3) is 0 Å². The van der Waals surface area contributed by atoms with Crippen LogP contribution in [-0.2, 0) is 4.79 Å². The van der Waals surface area contributed by atoms with E-state index in [2.05, 4.69) is 43.5 Å². The van der Waals surface area contributed by atoms with Gasteiger partial charge in [0.05, 0.1) is 0 Å². The zero-order chi connectivity index (χ0) is 13.1. The van der Waals surface area contributed by atoms with Crippen LogP contribution in [0.15, 0.2) is 12.1 Å². The number of benzene rings is 1. The summed E-state index contributed by atoms with van der Waals surface area (Å²) in [5, 5.41) is 6.39. The van der Waals surface area contributed by atoms with Crippen LogP contribution in [0.5, 0.6) is 0 Å². The topological polar surface area (TPSA) is 41.1 Å². The molecule has 1 amide bonds. The van der Waals surface area contributed by atoms with Crippen LogP contribution in [0.4, 0.5) is 5.69 Å². The molecular formula is C15H23ClN2O. The molecule has 106 valence electrons. The third kappa shape index (κ3) is 3.95. The summed E-state index contributed by atoms with van der Waals surface area (Å²) in [5.74, 6) is 0.331. The van der Waals surface area contributed by atoms with E-state index in [1.807, 2.05) is 0 Å². The molecule has 1 aromatic carbocycles. The number of amides is 1. The third-order valence-corrected chi connectivity index (χ3v) is 3.64. The van der Waals surface area contributed by atoms with Crippen molar-refractivity contribution >= 4 is 24.0 Å². The van der Waals surface area contributed by atoms with Crippen molar-refractivity contribution in [1.29, 1.82) is 0 Å². The van der Waals surface area contributed by atoms with Crippen LogP contribution in [0.2, 0.25) is 0 Å². The van der Waals surface area contributed by atoms with Crippen molar-refractivity contribution in [2.75, 3.05) is 18.4 Å². The van der Waals surface area contributed by atoms with E-state index in [4.69, 9.17) is 0 Å². The first kappa shape index (κ1) is 16.0. The number of halogens is 1. The molecule has 4 heteroatoms. The van der Waals surface area contributed by atoms with Crippen LogP contribution in [0.3, 0.4) is 0 Å².